The number of hydrogen-bond acceptors (Lipinski definition) is 2. The van der Waals surface area contributed by atoms with Crippen LogP contribution in [0.15, 0.2) is 0 Å². The summed E-state index contributed by atoms with van der Waals surface area (Å²) < 4.78 is 4.78. The van der Waals surface area contributed by atoms with Gasteiger partial charge in [0, 0.05) is 0 Å². The normalized spacial score (nSPS) is 14.1. The molecule has 0 saturated heterocycles. The van der Waals surface area contributed by atoms with Gasteiger partial charge in [0.2, 0.25) is 0 Å². The topological polar surface area (TPSA) is 26.3 Å². The number of esters is 1. The molecule has 0 saturated carbocycles. The van der Waals surface area contributed by atoms with Gasteiger partial charge in [0.05, 0.1) is 6.61 Å². The second-order valence-electron chi connectivity index (χ2n) is 3.98. The van der Waals surface area contributed by atoms with Crippen LogP contribution < -0.4 is 0 Å². The highest BCUT2D eigenvalue weighted by atomic mass is 35.5. The number of halogens is 1. The Bertz CT molecular complexity index is 149. The minimum absolute atomic E-state index is 0.0686. The third-order valence-corrected chi connectivity index (χ3v) is 1.67. The molecule has 0 spiro atoms. The van der Waals surface area contributed by atoms with Crippen molar-refractivity contribution < 1.29 is 9.53 Å². The van der Waals surface area contributed by atoms with Crippen molar-refractivity contribution in [3.63, 3.8) is 0 Å². The summed E-state index contributed by atoms with van der Waals surface area (Å²) >= 11 is 5.82. The molecular formula is C9H17ClO2. The van der Waals surface area contributed by atoms with Crippen LogP contribution in [0, 0.1) is 5.41 Å². The fourth-order valence-electron chi connectivity index (χ4n) is 0.854. The summed E-state index contributed by atoms with van der Waals surface area (Å²) in [5, 5.41) is -0.509. The summed E-state index contributed by atoms with van der Waals surface area (Å²) in [6.45, 7) is 8.30. The number of hydrogen-bond donors (Lipinski definition) is 0. The quantitative estimate of drug-likeness (QED) is 0.508. The summed E-state index contributed by atoms with van der Waals surface area (Å²) in [7, 11) is 0. The molecule has 0 aromatic heterocycles. The van der Waals surface area contributed by atoms with E-state index in [4.69, 9.17) is 16.3 Å². The Morgan fingerprint density at radius 2 is 2.00 bits per heavy atom. The van der Waals surface area contributed by atoms with Crippen LogP contribution in [0.5, 0.6) is 0 Å². The highest BCUT2D eigenvalue weighted by Gasteiger charge is 2.23. The zero-order valence-corrected chi connectivity index (χ0v) is 8.94. The van der Waals surface area contributed by atoms with Crippen LogP contribution in [0.1, 0.15) is 34.1 Å². The smallest absolute Gasteiger partial charge is 0.324 e. The van der Waals surface area contributed by atoms with Gasteiger partial charge in [-0.15, -0.1) is 11.6 Å². The second kappa shape index (κ2) is 4.70. The first-order chi connectivity index (χ1) is 5.37. The van der Waals surface area contributed by atoms with Crippen molar-refractivity contribution in [2.45, 2.75) is 39.5 Å². The van der Waals surface area contributed by atoms with E-state index in [9.17, 15) is 4.79 Å². The van der Waals surface area contributed by atoms with Crippen molar-refractivity contribution in [2.75, 3.05) is 6.61 Å². The average molecular weight is 193 g/mol. The van der Waals surface area contributed by atoms with Gasteiger partial charge in [-0.25, -0.2) is 0 Å². The average Bonchev–Trinajstić information content (AvgIpc) is 1.84. The van der Waals surface area contributed by atoms with Gasteiger partial charge in [-0.2, -0.15) is 0 Å². The molecule has 0 aliphatic heterocycles. The second-order valence-corrected chi connectivity index (χ2v) is 4.51. The summed E-state index contributed by atoms with van der Waals surface area (Å²) in [6.07, 6.45) is 0.646. The fraction of sp³-hybridized carbons (Fsp3) is 0.889. The Kier molecular flexibility index (Phi) is 4.61. The first-order valence-corrected chi connectivity index (χ1v) is 4.61. The van der Waals surface area contributed by atoms with Gasteiger partial charge in [0.15, 0.2) is 0 Å². The standard InChI is InChI=1S/C9H17ClO2/c1-5-12-8(11)7(10)6-9(2,3)4/h7H,5-6H2,1-4H3. The Morgan fingerprint density at radius 1 is 1.50 bits per heavy atom. The van der Waals surface area contributed by atoms with E-state index >= 15 is 0 Å². The summed E-state index contributed by atoms with van der Waals surface area (Å²) in [4.78, 5) is 11.1. The molecule has 3 heteroatoms. The summed E-state index contributed by atoms with van der Waals surface area (Å²) in [5.41, 5.74) is 0.0686. The molecule has 0 rings (SSSR count). The monoisotopic (exact) mass is 192 g/mol. The largest absolute Gasteiger partial charge is 0.465 e. The van der Waals surface area contributed by atoms with E-state index < -0.39 is 5.38 Å². The highest BCUT2D eigenvalue weighted by molar-refractivity contribution is 6.29. The number of rotatable bonds is 3. The number of carbonyl (C=O) groups is 1. The molecule has 0 bridgehead atoms. The zero-order valence-electron chi connectivity index (χ0n) is 8.19. The molecule has 12 heavy (non-hydrogen) atoms. The first-order valence-electron chi connectivity index (χ1n) is 4.17. The molecule has 0 aromatic rings. The van der Waals surface area contributed by atoms with E-state index in [0.717, 1.165) is 0 Å². The Morgan fingerprint density at radius 3 is 2.33 bits per heavy atom. The van der Waals surface area contributed by atoms with Crippen molar-refractivity contribution in [1.29, 1.82) is 0 Å². The van der Waals surface area contributed by atoms with Crippen LogP contribution in [-0.4, -0.2) is 18.0 Å². The zero-order chi connectivity index (χ0) is 9.78. The van der Waals surface area contributed by atoms with Gasteiger partial charge in [0.25, 0.3) is 0 Å². The lowest BCUT2D eigenvalue weighted by molar-refractivity contribution is -0.143. The van der Waals surface area contributed by atoms with Gasteiger partial charge in [-0.05, 0) is 18.8 Å². The lowest BCUT2D eigenvalue weighted by atomic mass is 9.90. The summed E-state index contributed by atoms with van der Waals surface area (Å²) in [5.74, 6) is -0.311. The van der Waals surface area contributed by atoms with Crippen molar-refractivity contribution in [1.82, 2.24) is 0 Å². The van der Waals surface area contributed by atoms with Crippen LogP contribution in [0.3, 0.4) is 0 Å². The molecule has 0 radical (unpaired) electrons. The molecule has 2 nitrogen and oxygen atoms in total. The van der Waals surface area contributed by atoms with Crippen molar-refractivity contribution in [3.8, 4) is 0 Å². The maximum absolute atomic E-state index is 11.1. The van der Waals surface area contributed by atoms with Gasteiger partial charge < -0.3 is 4.74 Å². The third-order valence-electron chi connectivity index (χ3n) is 1.33. The molecular weight excluding hydrogens is 176 g/mol. The van der Waals surface area contributed by atoms with Gasteiger partial charge >= 0.3 is 5.97 Å². The molecule has 0 heterocycles. The van der Waals surface area contributed by atoms with E-state index in [1.165, 1.54) is 0 Å². The Hall–Kier alpha value is -0.240. The van der Waals surface area contributed by atoms with E-state index in [2.05, 4.69) is 0 Å². The predicted octanol–water partition coefficient (Wildman–Crippen LogP) is 2.59. The van der Waals surface area contributed by atoms with E-state index in [1.54, 1.807) is 6.92 Å². The molecule has 0 aromatic carbocycles. The molecule has 1 unspecified atom stereocenters. The molecule has 1 atom stereocenters. The highest BCUT2D eigenvalue weighted by Crippen LogP contribution is 2.24. The summed E-state index contributed by atoms with van der Waals surface area (Å²) in [6, 6.07) is 0. The SMILES string of the molecule is CCOC(=O)C(Cl)CC(C)(C)C. The van der Waals surface area contributed by atoms with Crippen LogP contribution in [0.2, 0.25) is 0 Å². The molecule has 0 fully saturated rings. The van der Waals surface area contributed by atoms with E-state index in [1.807, 2.05) is 20.8 Å². The molecule has 0 amide bonds. The maximum Gasteiger partial charge on any atom is 0.324 e. The van der Waals surface area contributed by atoms with Gasteiger partial charge in [0.1, 0.15) is 5.38 Å². The van der Waals surface area contributed by atoms with Gasteiger partial charge in [-0.1, -0.05) is 20.8 Å². The lowest BCUT2D eigenvalue weighted by Gasteiger charge is -2.20. The predicted molar refractivity (Wildman–Crippen MR) is 50.3 cm³/mol. The molecule has 72 valence electrons. The maximum atomic E-state index is 11.1. The van der Waals surface area contributed by atoms with Crippen LogP contribution in [0.25, 0.3) is 0 Å². The Labute approximate surface area is 79.2 Å². The van der Waals surface area contributed by atoms with Crippen LogP contribution in [0.4, 0.5) is 0 Å². The Balaban J connectivity index is 3.87. The third kappa shape index (κ3) is 5.42. The molecule has 0 N–H and O–H groups in total. The molecule has 0 aliphatic rings. The van der Waals surface area contributed by atoms with Crippen molar-refractivity contribution >= 4 is 17.6 Å². The number of ether oxygens (including phenoxy) is 1. The fourth-order valence-corrected chi connectivity index (χ4v) is 1.38. The van der Waals surface area contributed by atoms with Gasteiger partial charge in [-0.3, -0.25) is 4.79 Å². The minimum Gasteiger partial charge on any atom is -0.465 e. The van der Waals surface area contributed by atoms with Crippen LogP contribution >= 0.6 is 11.6 Å². The first kappa shape index (κ1) is 11.8. The van der Waals surface area contributed by atoms with Crippen LogP contribution in [-0.2, 0) is 9.53 Å². The molecule has 0 aliphatic carbocycles. The van der Waals surface area contributed by atoms with E-state index in [-0.39, 0.29) is 11.4 Å². The van der Waals surface area contributed by atoms with Crippen molar-refractivity contribution in [3.05, 3.63) is 0 Å². The lowest BCUT2D eigenvalue weighted by Crippen LogP contribution is -2.23. The minimum atomic E-state index is -0.509. The van der Waals surface area contributed by atoms with Crippen molar-refractivity contribution in [2.24, 2.45) is 5.41 Å². The van der Waals surface area contributed by atoms with E-state index in [0.29, 0.717) is 13.0 Å². The number of carbonyl (C=O) groups excluding carboxylic acids is 1. The number of alkyl halides is 1.